The zero-order valence-electron chi connectivity index (χ0n) is 38.7. The van der Waals surface area contributed by atoms with E-state index in [1.54, 1.807) is 30.5 Å². The first-order valence-corrected chi connectivity index (χ1v) is 18.3. The second-order valence-corrected chi connectivity index (χ2v) is 13.8. The smallest absolute Gasteiger partial charge is 0.171 e. The molecule has 2 aliphatic carbocycles. The van der Waals surface area contributed by atoms with Crippen molar-refractivity contribution in [2.75, 3.05) is 0 Å². The van der Waals surface area contributed by atoms with Gasteiger partial charge in [-0.2, -0.15) is 0 Å². The molecule has 9 aromatic rings. The molecule has 3 nitrogen and oxygen atoms in total. The standard InChI is InChI=1S/C53H34N2O/c1-2-11-35(12-3-1)36-21-23-37(24-22-36)38-25-28-42(29-26-38)56-51-33-54-34-55-52(51)41-14-10-13-39(31-41)40-27-30-50-46(32-40)45-17-6-9-20-49(45)53(50)47-18-7-4-15-43(47)44-16-5-8-19-48(44)53/h1-34H/i1D,2D,3D,11D,12D,21D,22D,23D,24D. The number of ether oxygens (including phenoxy) is 1. The summed E-state index contributed by atoms with van der Waals surface area (Å²) in [5.41, 5.74) is 12.7. The Morgan fingerprint density at radius 3 is 1.64 bits per heavy atom. The van der Waals surface area contributed by atoms with Gasteiger partial charge in [0.25, 0.3) is 0 Å². The first kappa shape index (κ1) is 24.1. The molecule has 0 radical (unpaired) electrons. The van der Waals surface area contributed by atoms with Crippen molar-refractivity contribution in [3.63, 3.8) is 0 Å². The van der Waals surface area contributed by atoms with E-state index in [0.717, 1.165) is 16.7 Å². The van der Waals surface area contributed by atoms with Gasteiger partial charge in [0, 0.05) is 5.56 Å². The molecule has 0 bridgehead atoms. The Balaban J connectivity index is 0.919. The van der Waals surface area contributed by atoms with Crippen LogP contribution in [0.4, 0.5) is 0 Å². The zero-order valence-corrected chi connectivity index (χ0v) is 29.7. The van der Waals surface area contributed by atoms with Crippen molar-refractivity contribution in [3.8, 4) is 78.4 Å². The van der Waals surface area contributed by atoms with Gasteiger partial charge >= 0.3 is 0 Å². The molecule has 0 amide bonds. The predicted molar refractivity (Wildman–Crippen MR) is 227 cm³/mol. The van der Waals surface area contributed by atoms with Crippen LogP contribution in [0, 0.1) is 0 Å². The minimum Gasteiger partial charge on any atom is -0.453 e. The van der Waals surface area contributed by atoms with Crippen LogP contribution in [0.5, 0.6) is 11.5 Å². The topological polar surface area (TPSA) is 35.0 Å². The second kappa shape index (κ2) is 12.9. The van der Waals surface area contributed by atoms with Crippen LogP contribution in [-0.2, 0) is 5.41 Å². The van der Waals surface area contributed by atoms with E-state index in [1.807, 2.05) is 12.1 Å². The minimum absolute atomic E-state index is 0.00805. The monoisotopic (exact) mass is 723 g/mol. The van der Waals surface area contributed by atoms with Crippen LogP contribution in [-0.4, -0.2) is 9.97 Å². The van der Waals surface area contributed by atoms with Crippen molar-refractivity contribution >= 4 is 0 Å². The molecule has 0 saturated carbocycles. The van der Waals surface area contributed by atoms with E-state index >= 15 is 0 Å². The Bertz CT molecular complexity index is 3380. The molecule has 0 N–H and O–H groups in total. The van der Waals surface area contributed by atoms with Crippen LogP contribution in [0.15, 0.2) is 206 Å². The molecule has 8 aromatic carbocycles. The second-order valence-electron chi connectivity index (χ2n) is 13.8. The molecule has 0 fully saturated rings. The van der Waals surface area contributed by atoms with Gasteiger partial charge in [0.1, 0.15) is 17.8 Å². The molecule has 56 heavy (non-hydrogen) atoms. The fourth-order valence-corrected chi connectivity index (χ4v) is 8.51. The SMILES string of the molecule is [2H]c1c([2H])c([2H])c(-c2c([2H])c([2H])c(-c3ccc(Oc4cncnc4-c4cccc(-c5ccc6c(c5)-c5ccccc5C65c6ccccc6-c6ccccc65)c4)cc3)c([2H])c2[2H])c([2H])c1[2H]. The van der Waals surface area contributed by atoms with E-state index in [2.05, 4.69) is 113 Å². The van der Waals surface area contributed by atoms with Crippen LogP contribution in [0.25, 0.3) is 66.9 Å². The average Bonchev–Trinajstić information content (AvgIpc) is 3.81. The Morgan fingerprint density at radius 1 is 0.429 bits per heavy atom. The summed E-state index contributed by atoms with van der Waals surface area (Å²) in [6.07, 6.45) is 3.06. The largest absolute Gasteiger partial charge is 0.453 e. The Morgan fingerprint density at radius 2 is 0.964 bits per heavy atom. The number of nitrogens with zero attached hydrogens (tertiary/aromatic N) is 2. The van der Waals surface area contributed by atoms with Crippen molar-refractivity contribution in [3.05, 3.63) is 229 Å². The molecule has 2 aliphatic rings. The molecule has 0 atom stereocenters. The van der Waals surface area contributed by atoms with Crippen molar-refractivity contribution < 1.29 is 17.1 Å². The maximum Gasteiger partial charge on any atom is 0.171 e. The third kappa shape index (κ3) is 4.98. The van der Waals surface area contributed by atoms with Crippen molar-refractivity contribution in [1.82, 2.24) is 9.97 Å². The normalized spacial score (nSPS) is 15.0. The fourth-order valence-electron chi connectivity index (χ4n) is 8.51. The van der Waals surface area contributed by atoms with Crippen LogP contribution < -0.4 is 4.74 Å². The number of rotatable bonds is 6. The van der Waals surface area contributed by atoms with Gasteiger partial charge in [0.15, 0.2) is 5.75 Å². The average molecular weight is 724 g/mol. The third-order valence-electron chi connectivity index (χ3n) is 10.9. The fraction of sp³-hybridized carbons (Fsp3) is 0.0189. The predicted octanol–water partition coefficient (Wildman–Crippen LogP) is 13.3. The minimum atomic E-state index is -0.626. The highest BCUT2D eigenvalue weighted by Gasteiger charge is 2.51. The molecule has 262 valence electrons. The van der Waals surface area contributed by atoms with Gasteiger partial charge in [-0.05, 0) is 102 Å². The lowest BCUT2D eigenvalue weighted by molar-refractivity contribution is 0.479. The van der Waals surface area contributed by atoms with Gasteiger partial charge in [0.05, 0.1) is 23.9 Å². The number of fused-ring (bicyclic) bond motifs is 10. The number of aromatic nitrogens is 2. The quantitative estimate of drug-likeness (QED) is 0.171. The highest BCUT2D eigenvalue weighted by molar-refractivity contribution is 5.96. The lowest BCUT2D eigenvalue weighted by atomic mass is 9.70. The van der Waals surface area contributed by atoms with Crippen molar-refractivity contribution in [2.24, 2.45) is 0 Å². The first-order chi connectivity index (χ1) is 31.5. The van der Waals surface area contributed by atoms with Gasteiger partial charge in [-0.3, -0.25) is 0 Å². The van der Waals surface area contributed by atoms with Crippen molar-refractivity contribution in [1.29, 1.82) is 0 Å². The van der Waals surface area contributed by atoms with E-state index in [1.165, 1.54) is 50.8 Å². The maximum atomic E-state index is 8.85. The maximum absolute atomic E-state index is 8.85. The van der Waals surface area contributed by atoms with E-state index in [0.29, 0.717) is 22.8 Å². The molecule has 3 heteroatoms. The summed E-state index contributed by atoms with van der Waals surface area (Å²) in [4.78, 5) is 8.90. The molecule has 1 spiro atoms. The Kier molecular flexibility index (Phi) is 5.56. The third-order valence-corrected chi connectivity index (χ3v) is 10.9. The van der Waals surface area contributed by atoms with Gasteiger partial charge < -0.3 is 4.74 Å². The molecular weight excluding hydrogens is 681 g/mol. The zero-order chi connectivity index (χ0) is 44.9. The summed E-state index contributed by atoms with van der Waals surface area (Å²) in [6, 6.07) is 42.8. The highest BCUT2D eigenvalue weighted by atomic mass is 16.5. The van der Waals surface area contributed by atoms with Crippen LogP contribution >= 0.6 is 0 Å². The molecule has 11 rings (SSSR count). The lowest BCUT2D eigenvalue weighted by Gasteiger charge is -2.30. The molecule has 1 heterocycles. The Hall–Kier alpha value is -7.36. The van der Waals surface area contributed by atoms with E-state index < -0.39 is 59.8 Å². The number of hydrogen-bond donors (Lipinski definition) is 0. The Labute approximate surface area is 338 Å². The molecular formula is C53H34N2O. The summed E-state index contributed by atoms with van der Waals surface area (Å²) in [7, 11) is 0. The first-order valence-electron chi connectivity index (χ1n) is 22.8. The van der Waals surface area contributed by atoms with E-state index in [4.69, 9.17) is 17.1 Å². The van der Waals surface area contributed by atoms with Crippen molar-refractivity contribution in [2.45, 2.75) is 5.41 Å². The van der Waals surface area contributed by atoms with Crippen LogP contribution in [0.3, 0.4) is 0 Å². The molecule has 0 aliphatic heterocycles. The summed E-state index contributed by atoms with van der Waals surface area (Å²) < 4.78 is 82.5. The summed E-state index contributed by atoms with van der Waals surface area (Å²) in [5.74, 6) is 0.807. The van der Waals surface area contributed by atoms with Gasteiger partial charge in [-0.25, -0.2) is 9.97 Å². The number of hydrogen-bond acceptors (Lipinski definition) is 3. The molecule has 0 unspecified atom stereocenters. The highest BCUT2D eigenvalue weighted by Crippen LogP contribution is 2.63. The van der Waals surface area contributed by atoms with Crippen LogP contribution in [0.2, 0.25) is 0 Å². The summed E-state index contributed by atoms with van der Waals surface area (Å²) >= 11 is 0. The van der Waals surface area contributed by atoms with E-state index in [-0.39, 0.29) is 16.7 Å². The van der Waals surface area contributed by atoms with Gasteiger partial charge in [0.2, 0.25) is 0 Å². The molecule has 0 saturated heterocycles. The number of benzene rings is 8. The van der Waals surface area contributed by atoms with E-state index in [9.17, 15) is 0 Å². The summed E-state index contributed by atoms with van der Waals surface area (Å²) in [5, 5.41) is 0. The lowest BCUT2D eigenvalue weighted by Crippen LogP contribution is -2.25. The van der Waals surface area contributed by atoms with Gasteiger partial charge in [-0.1, -0.05) is 170 Å². The summed E-state index contributed by atoms with van der Waals surface area (Å²) in [6.45, 7) is 0. The van der Waals surface area contributed by atoms with Gasteiger partial charge in [-0.15, -0.1) is 0 Å². The van der Waals surface area contributed by atoms with Crippen LogP contribution in [0.1, 0.15) is 34.6 Å². The molecule has 1 aromatic heterocycles.